The summed E-state index contributed by atoms with van der Waals surface area (Å²) in [6.07, 6.45) is -27.2. The predicted octanol–water partition coefficient (Wildman–Crippen LogP) is 4.78. The fourth-order valence-corrected chi connectivity index (χ4v) is 1.72. The SMILES string of the molecule is C=C(C)C(=O)OC(=O)C(=C)C.C=C(C)C(=O)OCCC(O)(C(F)(F)F)C(F)(F)F.OCCC(O)(C(F)(F)F)C(F)(F)F. The summed E-state index contributed by atoms with van der Waals surface area (Å²) in [6.45, 7) is 11.2. The molecule has 0 rings (SSSR count). The fourth-order valence-electron chi connectivity index (χ4n) is 1.72. The number of hydrogen-bond acceptors (Lipinski definition) is 8. The summed E-state index contributed by atoms with van der Waals surface area (Å²) < 4.78 is 152. The van der Waals surface area contributed by atoms with Gasteiger partial charge in [0.1, 0.15) is 0 Å². The van der Waals surface area contributed by atoms with Gasteiger partial charge in [-0.15, -0.1) is 0 Å². The number of carbonyl (C=O) groups excluding carboxylic acids is 3. The third-order valence-corrected chi connectivity index (χ3v) is 4.28. The maximum absolute atomic E-state index is 12.2. The summed E-state index contributed by atoms with van der Waals surface area (Å²) in [5.74, 6) is -2.56. The predicted molar refractivity (Wildman–Crippen MR) is 117 cm³/mol. The van der Waals surface area contributed by atoms with Crippen LogP contribution in [-0.2, 0) is 23.9 Å². The zero-order valence-corrected chi connectivity index (χ0v) is 21.9. The lowest BCUT2D eigenvalue weighted by Gasteiger charge is -2.31. The number of halogens is 12. The van der Waals surface area contributed by atoms with E-state index in [0.717, 1.165) is 0 Å². The van der Waals surface area contributed by atoms with Crippen molar-refractivity contribution in [3.63, 3.8) is 0 Å². The van der Waals surface area contributed by atoms with E-state index in [9.17, 15) is 67.1 Å². The third-order valence-electron chi connectivity index (χ3n) is 4.28. The van der Waals surface area contributed by atoms with Gasteiger partial charge in [-0.2, -0.15) is 52.7 Å². The van der Waals surface area contributed by atoms with Gasteiger partial charge in [0.05, 0.1) is 6.61 Å². The normalized spacial score (nSPS) is 12.5. The second-order valence-electron chi connectivity index (χ2n) is 8.09. The largest absolute Gasteiger partial charge is 0.462 e. The van der Waals surface area contributed by atoms with E-state index in [4.69, 9.17) is 15.3 Å². The van der Waals surface area contributed by atoms with Crippen molar-refractivity contribution < 1.29 is 91.9 Å². The molecule has 0 aliphatic rings. The average molecular weight is 646 g/mol. The first-order valence-corrected chi connectivity index (χ1v) is 10.6. The molecule has 3 N–H and O–H groups in total. The number of alkyl halides is 12. The molecule has 0 heterocycles. The minimum Gasteiger partial charge on any atom is -0.462 e. The van der Waals surface area contributed by atoms with E-state index in [1.165, 1.54) is 20.8 Å². The van der Waals surface area contributed by atoms with E-state index in [-0.39, 0.29) is 16.7 Å². The molecule has 42 heavy (non-hydrogen) atoms. The van der Waals surface area contributed by atoms with Crippen LogP contribution in [0.3, 0.4) is 0 Å². The molecule has 0 fully saturated rings. The molecular formula is C22H26F12O8. The molecule has 0 atom stereocenters. The molecule has 0 spiro atoms. The standard InChI is InChI=1S/C9H10F6O3.C8H10O3.C5H6F6O2/c1-5(2)6(16)18-4-3-7(17,8(10,11)12)9(13,14)15;1-5(2)7(9)11-8(10)6(3)4;6-4(7,8)3(13,1-2-12)5(9,10)11/h17H,1,3-4H2,2H3;1,3H2,2,4H3;12-13H,1-2H2. The molecule has 0 aromatic heterocycles. The Morgan fingerprint density at radius 3 is 1.02 bits per heavy atom. The number of ether oxygens (including phenoxy) is 2. The second kappa shape index (κ2) is 15.9. The van der Waals surface area contributed by atoms with Crippen molar-refractivity contribution in [2.75, 3.05) is 13.2 Å². The van der Waals surface area contributed by atoms with Crippen LogP contribution in [-0.4, -0.2) is 82.3 Å². The lowest BCUT2D eigenvalue weighted by Crippen LogP contribution is -2.57. The first-order valence-electron chi connectivity index (χ1n) is 10.6. The number of aliphatic hydroxyl groups is 3. The first-order chi connectivity index (χ1) is 18.3. The molecule has 20 heteroatoms. The van der Waals surface area contributed by atoms with Gasteiger partial charge in [0, 0.05) is 36.2 Å². The summed E-state index contributed by atoms with van der Waals surface area (Å²) in [7, 11) is 0. The van der Waals surface area contributed by atoms with Crippen LogP contribution < -0.4 is 0 Å². The Labute approximate surface area is 229 Å². The Balaban J connectivity index is -0.000000563. The van der Waals surface area contributed by atoms with E-state index < -0.39 is 79.9 Å². The highest BCUT2D eigenvalue weighted by Gasteiger charge is 2.70. The van der Waals surface area contributed by atoms with Gasteiger partial charge in [0.2, 0.25) is 0 Å². The van der Waals surface area contributed by atoms with Crippen LogP contribution in [0.4, 0.5) is 52.7 Å². The average Bonchev–Trinajstić information content (AvgIpc) is 2.76. The van der Waals surface area contributed by atoms with Crippen LogP contribution in [0.2, 0.25) is 0 Å². The Morgan fingerprint density at radius 1 is 0.571 bits per heavy atom. The lowest BCUT2D eigenvalue weighted by atomic mass is 9.99. The van der Waals surface area contributed by atoms with Gasteiger partial charge in [-0.1, -0.05) is 19.7 Å². The van der Waals surface area contributed by atoms with Gasteiger partial charge < -0.3 is 24.8 Å². The maximum Gasteiger partial charge on any atom is 0.426 e. The maximum atomic E-state index is 12.2. The number of aliphatic hydroxyl groups excluding tert-OH is 1. The molecule has 0 aromatic rings. The molecule has 0 bridgehead atoms. The van der Waals surface area contributed by atoms with Crippen molar-refractivity contribution in [1.29, 1.82) is 0 Å². The molecule has 0 saturated carbocycles. The quantitative estimate of drug-likeness (QED) is 0.149. The van der Waals surface area contributed by atoms with Gasteiger partial charge in [-0.05, 0) is 20.8 Å². The highest BCUT2D eigenvalue weighted by molar-refractivity contribution is 6.00. The third kappa shape index (κ3) is 13.2. The molecule has 0 aliphatic heterocycles. The number of hydrogen-bond donors (Lipinski definition) is 3. The monoisotopic (exact) mass is 646 g/mol. The van der Waals surface area contributed by atoms with Gasteiger partial charge in [0.15, 0.2) is 0 Å². The molecule has 0 saturated heterocycles. The van der Waals surface area contributed by atoms with Crippen molar-refractivity contribution in [2.45, 2.75) is 69.5 Å². The summed E-state index contributed by atoms with van der Waals surface area (Å²) in [5, 5.41) is 24.9. The van der Waals surface area contributed by atoms with Crippen molar-refractivity contribution in [1.82, 2.24) is 0 Å². The molecule has 0 unspecified atom stereocenters. The Hall–Kier alpha value is -3.13. The minimum atomic E-state index is -5.92. The van der Waals surface area contributed by atoms with Crippen molar-refractivity contribution in [2.24, 2.45) is 0 Å². The summed E-state index contributed by atoms with van der Waals surface area (Å²) in [5.41, 5.74) is -9.53. The fraction of sp³-hybridized carbons (Fsp3) is 0.591. The van der Waals surface area contributed by atoms with E-state index in [0.29, 0.717) is 0 Å². The molecule has 0 aromatic carbocycles. The zero-order valence-electron chi connectivity index (χ0n) is 21.9. The summed E-state index contributed by atoms with van der Waals surface area (Å²) >= 11 is 0. The second-order valence-corrected chi connectivity index (χ2v) is 8.09. The minimum absolute atomic E-state index is 0.183. The van der Waals surface area contributed by atoms with Gasteiger partial charge in [-0.3, -0.25) is 0 Å². The molecule has 8 nitrogen and oxygen atoms in total. The highest BCUT2D eigenvalue weighted by atomic mass is 19.4. The van der Waals surface area contributed by atoms with Crippen molar-refractivity contribution in [3.05, 3.63) is 36.5 Å². The molecule has 0 amide bonds. The first kappa shape index (κ1) is 43.3. The Bertz CT molecular complexity index is 924. The number of rotatable bonds is 8. The van der Waals surface area contributed by atoms with Crippen LogP contribution in [0.5, 0.6) is 0 Å². The topological polar surface area (TPSA) is 130 Å². The van der Waals surface area contributed by atoms with Crippen LogP contribution in [0.15, 0.2) is 36.5 Å². The summed E-state index contributed by atoms with van der Waals surface area (Å²) in [6, 6.07) is 0. The van der Waals surface area contributed by atoms with Crippen molar-refractivity contribution in [3.8, 4) is 0 Å². The van der Waals surface area contributed by atoms with E-state index in [1.807, 2.05) is 0 Å². The van der Waals surface area contributed by atoms with Crippen molar-refractivity contribution >= 4 is 17.9 Å². The van der Waals surface area contributed by atoms with Gasteiger partial charge >= 0.3 is 42.6 Å². The smallest absolute Gasteiger partial charge is 0.426 e. The van der Waals surface area contributed by atoms with E-state index in [1.54, 1.807) is 0 Å². The number of carbonyl (C=O) groups is 3. The number of esters is 3. The van der Waals surface area contributed by atoms with Crippen LogP contribution in [0.1, 0.15) is 33.6 Å². The Kier molecular flexibility index (Phi) is 16.4. The van der Waals surface area contributed by atoms with Crippen LogP contribution in [0, 0.1) is 0 Å². The van der Waals surface area contributed by atoms with Crippen LogP contribution >= 0.6 is 0 Å². The summed E-state index contributed by atoms with van der Waals surface area (Å²) in [4.78, 5) is 32.1. The molecule has 0 aliphatic carbocycles. The zero-order chi connectivity index (χ0) is 34.7. The highest BCUT2D eigenvalue weighted by Crippen LogP contribution is 2.46. The van der Waals surface area contributed by atoms with Gasteiger partial charge in [-0.25, -0.2) is 14.4 Å². The molecule has 246 valence electrons. The van der Waals surface area contributed by atoms with E-state index in [2.05, 4.69) is 29.2 Å². The molecular weight excluding hydrogens is 620 g/mol. The van der Waals surface area contributed by atoms with E-state index >= 15 is 0 Å². The molecule has 0 radical (unpaired) electrons. The van der Waals surface area contributed by atoms with Gasteiger partial charge in [0.25, 0.3) is 11.2 Å². The van der Waals surface area contributed by atoms with Crippen LogP contribution in [0.25, 0.3) is 0 Å². The lowest BCUT2D eigenvalue weighted by molar-refractivity contribution is -0.371. The Morgan fingerprint density at radius 2 is 0.833 bits per heavy atom.